The monoisotopic (exact) mass is 566 g/mol. The van der Waals surface area contributed by atoms with Gasteiger partial charge in [0.1, 0.15) is 12.4 Å². The smallest absolute Gasteiger partial charge is 0.329 e. The predicted octanol–water partition coefficient (Wildman–Crippen LogP) is 3.37. The van der Waals surface area contributed by atoms with E-state index in [0.29, 0.717) is 27.5 Å². The highest BCUT2D eigenvalue weighted by atomic mass is 35.5. The molecule has 3 aromatic carbocycles. The molecule has 1 heterocycles. The van der Waals surface area contributed by atoms with Gasteiger partial charge >= 0.3 is 7.60 Å². The number of aromatic nitrogens is 4. The van der Waals surface area contributed by atoms with E-state index in [1.165, 1.54) is 29.2 Å². The highest BCUT2D eigenvalue weighted by Gasteiger charge is 2.21. The molecule has 0 radical (unpaired) electrons. The number of carbonyl (C=O) groups is 2. The molecule has 4 rings (SSSR count). The molecule has 0 spiro atoms. The Bertz CT molecular complexity index is 1510. The minimum absolute atomic E-state index is 0.232. The first-order valence-electron chi connectivity index (χ1n) is 11.7. The van der Waals surface area contributed by atoms with Gasteiger partial charge in [-0.3, -0.25) is 14.2 Å². The third kappa shape index (κ3) is 8.42. The van der Waals surface area contributed by atoms with Gasteiger partial charge in [0.05, 0.1) is 11.8 Å². The summed E-state index contributed by atoms with van der Waals surface area (Å²) >= 11 is 6.14. The molecule has 4 aromatic rings. The maximum Gasteiger partial charge on any atom is 0.329 e. The number of amides is 2. The van der Waals surface area contributed by atoms with Gasteiger partial charge in [-0.25, -0.2) is 0 Å². The lowest BCUT2D eigenvalue weighted by Crippen LogP contribution is -2.44. The van der Waals surface area contributed by atoms with E-state index in [0.717, 1.165) is 5.56 Å². The lowest BCUT2D eigenvalue weighted by molar-refractivity contribution is -0.123. The third-order valence-corrected chi connectivity index (χ3v) is 6.54. The van der Waals surface area contributed by atoms with E-state index in [2.05, 4.69) is 26.2 Å². The number of hydrogen-bond donors (Lipinski definition) is 4. The van der Waals surface area contributed by atoms with E-state index in [1.807, 2.05) is 30.3 Å². The van der Waals surface area contributed by atoms with E-state index in [1.54, 1.807) is 36.4 Å². The first-order valence-corrected chi connectivity index (χ1v) is 13.8. The van der Waals surface area contributed by atoms with Crippen LogP contribution >= 0.6 is 19.2 Å². The summed E-state index contributed by atoms with van der Waals surface area (Å²) in [5.41, 5.74) is 2.89. The molecule has 2 amide bonds. The Morgan fingerprint density at radius 2 is 1.77 bits per heavy atom. The van der Waals surface area contributed by atoms with Gasteiger partial charge in [-0.1, -0.05) is 54.1 Å². The molecule has 0 saturated heterocycles. The van der Waals surface area contributed by atoms with Gasteiger partial charge in [-0.15, -0.1) is 5.10 Å². The van der Waals surface area contributed by atoms with Crippen LogP contribution in [0, 0.1) is 0 Å². The lowest BCUT2D eigenvalue weighted by atomic mass is 10.0. The Morgan fingerprint density at radius 3 is 2.44 bits per heavy atom. The van der Waals surface area contributed by atoms with Crippen LogP contribution in [0.4, 0.5) is 5.69 Å². The summed E-state index contributed by atoms with van der Waals surface area (Å²) in [6.45, 7) is 0. The van der Waals surface area contributed by atoms with Gasteiger partial charge in [0.15, 0.2) is 0 Å². The van der Waals surface area contributed by atoms with Crippen LogP contribution in [0.1, 0.15) is 16.7 Å². The van der Waals surface area contributed by atoms with E-state index in [-0.39, 0.29) is 6.42 Å². The van der Waals surface area contributed by atoms with Crippen molar-refractivity contribution < 1.29 is 23.9 Å². The molecule has 1 aromatic heterocycles. The first-order chi connectivity index (χ1) is 18.7. The summed E-state index contributed by atoms with van der Waals surface area (Å²) in [6.07, 6.45) is 4.09. The van der Waals surface area contributed by atoms with Gasteiger partial charge in [-0.2, -0.15) is 4.68 Å². The molecule has 1 atom stereocenters. The van der Waals surface area contributed by atoms with Crippen LogP contribution in [0.25, 0.3) is 11.8 Å². The van der Waals surface area contributed by atoms with Crippen LogP contribution in [0.2, 0.25) is 5.02 Å². The summed E-state index contributed by atoms with van der Waals surface area (Å²) < 4.78 is 12.7. The van der Waals surface area contributed by atoms with E-state index < -0.39 is 31.6 Å². The summed E-state index contributed by atoms with van der Waals surface area (Å²) in [5.74, 6) is -0.966. The number of tetrazole rings is 1. The molecule has 200 valence electrons. The average molecular weight is 567 g/mol. The van der Waals surface area contributed by atoms with Gasteiger partial charge in [0.25, 0.3) is 0 Å². The molecule has 0 fully saturated rings. The zero-order chi connectivity index (χ0) is 27.8. The number of rotatable bonds is 10. The number of nitrogens with zero attached hydrogens (tertiary/aromatic N) is 4. The highest BCUT2D eigenvalue weighted by molar-refractivity contribution is 7.50. The van der Waals surface area contributed by atoms with Crippen molar-refractivity contribution in [1.82, 2.24) is 25.5 Å². The second-order valence-electron chi connectivity index (χ2n) is 8.55. The molecule has 0 aliphatic rings. The quantitative estimate of drug-likeness (QED) is 0.168. The summed E-state index contributed by atoms with van der Waals surface area (Å²) in [7, 11) is -4.21. The van der Waals surface area contributed by atoms with Crippen LogP contribution in [-0.2, 0) is 26.7 Å². The Labute approximate surface area is 228 Å². The van der Waals surface area contributed by atoms with Gasteiger partial charge in [0, 0.05) is 28.8 Å². The van der Waals surface area contributed by atoms with Crippen molar-refractivity contribution in [2.45, 2.75) is 18.6 Å². The largest absolute Gasteiger partial charge is 0.340 e. The Morgan fingerprint density at radius 1 is 1.03 bits per heavy atom. The zero-order valence-corrected chi connectivity index (χ0v) is 22.0. The molecule has 4 N–H and O–H groups in total. The van der Waals surface area contributed by atoms with Gasteiger partial charge in [0.2, 0.25) is 11.8 Å². The molecule has 0 bridgehead atoms. The van der Waals surface area contributed by atoms with Crippen molar-refractivity contribution in [3.8, 4) is 5.69 Å². The standard InChI is InChI=1S/C26H24ClN6O5P/c27-21-9-12-24(33-17-28-31-32-33)20(15-21)8-13-25(34)30-23(14-18-4-2-1-3-5-18)26(35)29-22-10-6-19(7-11-22)16-39(36,37)38/h1-13,15,17,23H,14,16H2,(H,29,35)(H,30,34)(H2,36,37,38)/t23-/m0/s1. The predicted molar refractivity (Wildman–Crippen MR) is 146 cm³/mol. The normalized spacial score (nSPS) is 12.3. The molecule has 0 aliphatic heterocycles. The summed E-state index contributed by atoms with van der Waals surface area (Å²) in [5, 5.41) is 17.1. The van der Waals surface area contributed by atoms with Crippen molar-refractivity contribution in [1.29, 1.82) is 0 Å². The average Bonchev–Trinajstić information content (AvgIpc) is 3.43. The Kier molecular flexibility index (Phi) is 9.00. The number of carbonyl (C=O) groups excluding carboxylic acids is 2. The molecule has 0 saturated carbocycles. The lowest BCUT2D eigenvalue weighted by Gasteiger charge is -2.18. The minimum Gasteiger partial charge on any atom is -0.340 e. The van der Waals surface area contributed by atoms with Crippen molar-refractivity contribution in [2.75, 3.05) is 5.32 Å². The van der Waals surface area contributed by atoms with E-state index >= 15 is 0 Å². The van der Waals surface area contributed by atoms with E-state index in [9.17, 15) is 14.2 Å². The Balaban J connectivity index is 1.50. The molecule has 39 heavy (non-hydrogen) atoms. The van der Waals surface area contributed by atoms with E-state index in [4.69, 9.17) is 21.4 Å². The molecule has 13 heteroatoms. The minimum atomic E-state index is -4.21. The topological polar surface area (TPSA) is 159 Å². The van der Waals surface area contributed by atoms with Crippen molar-refractivity contribution in [3.63, 3.8) is 0 Å². The fourth-order valence-corrected chi connectivity index (χ4v) is 4.61. The highest BCUT2D eigenvalue weighted by Crippen LogP contribution is 2.39. The second-order valence-corrected chi connectivity index (χ2v) is 10.6. The summed E-state index contributed by atoms with van der Waals surface area (Å²) in [6, 6.07) is 19.5. The maximum absolute atomic E-state index is 13.2. The third-order valence-electron chi connectivity index (χ3n) is 5.53. The molecular weight excluding hydrogens is 543 g/mol. The molecule has 11 nitrogen and oxygen atoms in total. The van der Waals surface area contributed by atoms with Crippen LogP contribution in [0.5, 0.6) is 0 Å². The molecule has 0 unspecified atom stereocenters. The first kappa shape index (κ1) is 27.9. The maximum atomic E-state index is 13.2. The molecular formula is C26H24ClN6O5P. The zero-order valence-electron chi connectivity index (χ0n) is 20.4. The fourth-order valence-electron chi connectivity index (χ4n) is 3.74. The molecule has 0 aliphatic carbocycles. The van der Waals surface area contributed by atoms with Crippen LogP contribution in [0.3, 0.4) is 0 Å². The number of anilines is 1. The van der Waals surface area contributed by atoms with Gasteiger partial charge in [-0.05, 0) is 58.0 Å². The summed E-state index contributed by atoms with van der Waals surface area (Å²) in [4.78, 5) is 44.4. The fraction of sp³-hybridized carbons (Fsp3) is 0.115. The number of benzene rings is 3. The number of halogens is 1. The second kappa shape index (κ2) is 12.6. The SMILES string of the molecule is O=C(C=Cc1cc(Cl)ccc1-n1cnnn1)N[C@@H](Cc1ccccc1)C(=O)Nc1ccc(CP(=O)(O)O)cc1. The van der Waals surface area contributed by atoms with Crippen molar-refractivity contribution in [2.24, 2.45) is 0 Å². The van der Waals surface area contributed by atoms with Crippen LogP contribution < -0.4 is 10.6 Å². The number of nitrogens with one attached hydrogen (secondary N) is 2. The van der Waals surface area contributed by atoms with Gasteiger partial charge < -0.3 is 20.4 Å². The van der Waals surface area contributed by atoms with Crippen molar-refractivity contribution in [3.05, 3.63) is 107 Å². The van der Waals surface area contributed by atoms with Crippen molar-refractivity contribution >= 4 is 42.8 Å². The van der Waals surface area contributed by atoms with Crippen LogP contribution in [-0.4, -0.2) is 47.9 Å². The number of hydrogen-bond acceptors (Lipinski definition) is 6. The van der Waals surface area contributed by atoms with Crippen LogP contribution in [0.15, 0.2) is 85.2 Å². The Hall–Kier alpha value is -4.15.